The number of fused-ring (bicyclic) bond motifs is 1. The second-order valence-corrected chi connectivity index (χ2v) is 4.51. The SMILES string of the molecule is O=c1c2cc([N+](=O)[O-])ccc2cnn1C1CCC1. The van der Waals surface area contributed by atoms with Crippen LogP contribution in [0, 0.1) is 10.1 Å². The minimum Gasteiger partial charge on any atom is -0.267 e. The van der Waals surface area contributed by atoms with E-state index in [2.05, 4.69) is 5.10 Å². The van der Waals surface area contributed by atoms with E-state index in [1.54, 1.807) is 12.3 Å². The van der Waals surface area contributed by atoms with Gasteiger partial charge in [-0.3, -0.25) is 14.9 Å². The van der Waals surface area contributed by atoms with Crippen LogP contribution in [-0.4, -0.2) is 14.7 Å². The fraction of sp³-hybridized carbons (Fsp3) is 0.333. The van der Waals surface area contributed by atoms with Gasteiger partial charge in [-0.1, -0.05) is 0 Å². The fourth-order valence-electron chi connectivity index (χ4n) is 2.15. The molecule has 0 bridgehead atoms. The van der Waals surface area contributed by atoms with Crippen LogP contribution in [0.5, 0.6) is 0 Å². The third kappa shape index (κ3) is 1.57. The molecule has 0 radical (unpaired) electrons. The summed E-state index contributed by atoms with van der Waals surface area (Å²) in [6, 6.07) is 4.43. The summed E-state index contributed by atoms with van der Waals surface area (Å²) in [6.45, 7) is 0. The van der Waals surface area contributed by atoms with Gasteiger partial charge in [-0.05, 0) is 25.3 Å². The lowest BCUT2D eigenvalue weighted by Gasteiger charge is -2.26. The third-order valence-corrected chi connectivity index (χ3v) is 3.43. The molecule has 1 aliphatic rings. The summed E-state index contributed by atoms with van der Waals surface area (Å²) in [7, 11) is 0. The summed E-state index contributed by atoms with van der Waals surface area (Å²) in [5, 5.41) is 15.9. The number of nitro benzene ring substituents is 1. The molecule has 0 unspecified atom stereocenters. The lowest BCUT2D eigenvalue weighted by molar-refractivity contribution is -0.384. The van der Waals surface area contributed by atoms with E-state index in [9.17, 15) is 14.9 Å². The van der Waals surface area contributed by atoms with Gasteiger partial charge >= 0.3 is 0 Å². The number of rotatable bonds is 2. The molecule has 1 heterocycles. The number of nitrogens with zero attached hydrogens (tertiary/aromatic N) is 3. The van der Waals surface area contributed by atoms with E-state index in [0.717, 1.165) is 19.3 Å². The first kappa shape index (κ1) is 10.9. The van der Waals surface area contributed by atoms with Crippen molar-refractivity contribution >= 4 is 16.5 Å². The molecular formula is C12H11N3O3. The van der Waals surface area contributed by atoms with Crippen LogP contribution >= 0.6 is 0 Å². The molecule has 1 saturated carbocycles. The molecule has 3 rings (SSSR count). The smallest absolute Gasteiger partial charge is 0.267 e. The number of non-ortho nitro benzene ring substituents is 1. The van der Waals surface area contributed by atoms with Crippen LogP contribution in [0.1, 0.15) is 25.3 Å². The highest BCUT2D eigenvalue weighted by Crippen LogP contribution is 2.29. The first-order valence-corrected chi connectivity index (χ1v) is 5.83. The molecule has 2 aromatic rings. The summed E-state index contributed by atoms with van der Waals surface area (Å²) < 4.78 is 1.45. The normalized spacial score (nSPS) is 15.6. The molecule has 1 aromatic carbocycles. The topological polar surface area (TPSA) is 78.0 Å². The Kier molecular flexibility index (Phi) is 2.36. The fourth-order valence-corrected chi connectivity index (χ4v) is 2.15. The van der Waals surface area contributed by atoms with E-state index < -0.39 is 4.92 Å². The maximum Gasteiger partial charge on any atom is 0.275 e. The van der Waals surface area contributed by atoms with Crippen LogP contribution in [0.2, 0.25) is 0 Å². The maximum absolute atomic E-state index is 12.2. The van der Waals surface area contributed by atoms with Gasteiger partial charge in [0.2, 0.25) is 0 Å². The summed E-state index contributed by atoms with van der Waals surface area (Å²) in [5.41, 5.74) is -0.299. The largest absolute Gasteiger partial charge is 0.275 e. The predicted octanol–water partition coefficient (Wildman–Crippen LogP) is 2.03. The van der Waals surface area contributed by atoms with Gasteiger partial charge in [-0.25, -0.2) is 4.68 Å². The van der Waals surface area contributed by atoms with Crippen LogP contribution in [0.4, 0.5) is 5.69 Å². The Bertz CT molecular complexity index is 689. The zero-order valence-electron chi connectivity index (χ0n) is 9.57. The highest BCUT2D eigenvalue weighted by molar-refractivity contribution is 5.82. The molecule has 1 aliphatic carbocycles. The molecule has 0 atom stereocenters. The Morgan fingerprint density at radius 2 is 2.17 bits per heavy atom. The van der Waals surface area contributed by atoms with Gasteiger partial charge in [0.25, 0.3) is 11.2 Å². The van der Waals surface area contributed by atoms with Crippen LogP contribution in [-0.2, 0) is 0 Å². The van der Waals surface area contributed by atoms with E-state index in [-0.39, 0.29) is 17.3 Å². The second kappa shape index (κ2) is 3.90. The van der Waals surface area contributed by atoms with E-state index in [1.165, 1.54) is 16.8 Å². The van der Waals surface area contributed by atoms with Gasteiger partial charge in [0.15, 0.2) is 0 Å². The molecule has 0 amide bonds. The quantitative estimate of drug-likeness (QED) is 0.599. The Morgan fingerprint density at radius 3 is 2.78 bits per heavy atom. The van der Waals surface area contributed by atoms with E-state index >= 15 is 0 Å². The van der Waals surface area contributed by atoms with Crippen molar-refractivity contribution in [2.75, 3.05) is 0 Å². The van der Waals surface area contributed by atoms with Crippen LogP contribution in [0.25, 0.3) is 10.8 Å². The van der Waals surface area contributed by atoms with Crippen molar-refractivity contribution in [3.8, 4) is 0 Å². The van der Waals surface area contributed by atoms with Crippen LogP contribution < -0.4 is 5.56 Å². The Balaban J connectivity index is 2.22. The van der Waals surface area contributed by atoms with Gasteiger partial charge in [0.1, 0.15) is 0 Å². The first-order valence-electron chi connectivity index (χ1n) is 5.83. The Labute approximate surface area is 102 Å². The van der Waals surface area contributed by atoms with Crippen molar-refractivity contribution in [1.82, 2.24) is 9.78 Å². The van der Waals surface area contributed by atoms with Gasteiger partial charge in [0, 0.05) is 17.5 Å². The molecular weight excluding hydrogens is 234 g/mol. The highest BCUT2D eigenvalue weighted by Gasteiger charge is 2.22. The zero-order valence-corrected chi connectivity index (χ0v) is 9.57. The zero-order chi connectivity index (χ0) is 12.7. The molecule has 1 fully saturated rings. The van der Waals surface area contributed by atoms with Gasteiger partial charge in [-0.15, -0.1) is 0 Å². The van der Waals surface area contributed by atoms with Crippen molar-refractivity contribution in [2.45, 2.75) is 25.3 Å². The minimum absolute atomic E-state index is 0.0639. The molecule has 0 saturated heterocycles. The summed E-state index contributed by atoms with van der Waals surface area (Å²) in [4.78, 5) is 22.4. The summed E-state index contributed by atoms with van der Waals surface area (Å²) in [5.74, 6) is 0. The minimum atomic E-state index is -0.493. The lowest BCUT2D eigenvalue weighted by Crippen LogP contribution is -2.30. The van der Waals surface area contributed by atoms with Crippen molar-refractivity contribution in [2.24, 2.45) is 0 Å². The van der Waals surface area contributed by atoms with E-state index in [1.807, 2.05) is 0 Å². The number of hydrogen-bond acceptors (Lipinski definition) is 4. The van der Waals surface area contributed by atoms with E-state index in [0.29, 0.717) is 10.8 Å². The summed E-state index contributed by atoms with van der Waals surface area (Å²) >= 11 is 0. The Morgan fingerprint density at radius 1 is 1.39 bits per heavy atom. The molecule has 0 N–H and O–H groups in total. The Hall–Kier alpha value is -2.24. The van der Waals surface area contributed by atoms with Crippen molar-refractivity contribution < 1.29 is 4.92 Å². The molecule has 18 heavy (non-hydrogen) atoms. The average Bonchev–Trinajstić information content (AvgIpc) is 2.30. The average molecular weight is 245 g/mol. The lowest BCUT2D eigenvalue weighted by atomic mass is 9.93. The van der Waals surface area contributed by atoms with E-state index in [4.69, 9.17) is 0 Å². The predicted molar refractivity (Wildman–Crippen MR) is 65.5 cm³/mol. The molecule has 6 nitrogen and oxygen atoms in total. The highest BCUT2D eigenvalue weighted by atomic mass is 16.6. The van der Waals surface area contributed by atoms with Gasteiger partial charge < -0.3 is 0 Å². The second-order valence-electron chi connectivity index (χ2n) is 4.51. The number of nitro groups is 1. The maximum atomic E-state index is 12.2. The molecule has 6 heteroatoms. The first-order chi connectivity index (χ1) is 8.66. The number of benzene rings is 1. The standard InChI is InChI=1S/C12H11N3O3/c16-12-11-6-10(15(17)18)5-4-8(11)7-13-14(12)9-2-1-3-9/h4-7,9H,1-3H2. The monoisotopic (exact) mass is 245 g/mol. The molecule has 1 aromatic heterocycles. The van der Waals surface area contributed by atoms with Crippen molar-refractivity contribution in [3.05, 3.63) is 44.9 Å². The number of aromatic nitrogens is 2. The van der Waals surface area contributed by atoms with Crippen molar-refractivity contribution in [1.29, 1.82) is 0 Å². The van der Waals surface area contributed by atoms with Crippen LogP contribution in [0.3, 0.4) is 0 Å². The molecule has 92 valence electrons. The van der Waals surface area contributed by atoms with Gasteiger partial charge in [-0.2, -0.15) is 5.10 Å². The molecule has 0 aliphatic heterocycles. The third-order valence-electron chi connectivity index (χ3n) is 3.43. The summed E-state index contributed by atoms with van der Waals surface area (Å²) in [6.07, 6.45) is 4.60. The van der Waals surface area contributed by atoms with Crippen LogP contribution in [0.15, 0.2) is 29.2 Å². The number of hydrogen-bond donors (Lipinski definition) is 0. The van der Waals surface area contributed by atoms with Crippen molar-refractivity contribution in [3.63, 3.8) is 0 Å². The molecule has 0 spiro atoms. The van der Waals surface area contributed by atoms with Gasteiger partial charge in [0.05, 0.1) is 22.5 Å².